The molecule has 27 heavy (non-hydrogen) atoms. The first-order chi connectivity index (χ1) is 13.2. The van der Waals surface area contributed by atoms with E-state index in [-0.39, 0.29) is 24.3 Å². The van der Waals surface area contributed by atoms with Crippen LogP contribution in [0.25, 0.3) is 11.4 Å². The van der Waals surface area contributed by atoms with Crippen LogP contribution in [0, 0.1) is 0 Å². The van der Waals surface area contributed by atoms with E-state index in [1.54, 1.807) is 29.4 Å². The molecule has 1 atom stereocenters. The van der Waals surface area contributed by atoms with Crippen molar-refractivity contribution >= 4 is 11.8 Å². The summed E-state index contributed by atoms with van der Waals surface area (Å²) in [6.45, 7) is 1.69. The maximum atomic E-state index is 12.7. The van der Waals surface area contributed by atoms with Crippen molar-refractivity contribution in [3.63, 3.8) is 0 Å². The molecular formula is C18H22N6O3. The van der Waals surface area contributed by atoms with Crippen LogP contribution in [0.3, 0.4) is 0 Å². The minimum atomic E-state index is -0.457. The van der Waals surface area contributed by atoms with Crippen molar-refractivity contribution in [2.75, 3.05) is 19.6 Å². The molecular weight excluding hydrogens is 348 g/mol. The van der Waals surface area contributed by atoms with Crippen molar-refractivity contribution in [2.45, 2.75) is 37.8 Å². The molecule has 0 bridgehead atoms. The van der Waals surface area contributed by atoms with E-state index in [0.29, 0.717) is 37.8 Å². The molecule has 2 amide bonds. The molecule has 2 aromatic heterocycles. The fraction of sp³-hybridized carbons (Fsp3) is 0.500. The highest BCUT2D eigenvalue weighted by molar-refractivity contribution is 5.88. The molecule has 9 heteroatoms. The van der Waals surface area contributed by atoms with Gasteiger partial charge in [0.05, 0.1) is 0 Å². The molecule has 0 spiro atoms. The summed E-state index contributed by atoms with van der Waals surface area (Å²) in [5, 5.41) is 10.1. The molecule has 0 aromatic carbocycles. The van der Waals surface area contributed by atoms with Gasteiger partial charge in [-0.05, 0) is 25.0 Å². The lowest BCUT2D eigenvalue weighted by Gasteiger charge is -2.35. The minimum Gasteiger partial charge on any atom is -0.352 e. The number of rotatable bonds is 6. The Balaban J connectivity index is 1.35. The van der Waals surface area contributed by atoms with Gasteiger partial charge in [0.2, 0.25) is 23.5 Å². The van der Waals surface area contributed by atoms with Gasteiger partial charge in [0, 0.05) is 56.5 Å². The van der Waals surface area contributed by atoms with Crippen LogP contribution in [0.2, 0.25) is 0 Å². The number of aromatic nitrogens is 3. The monoisotopic (exact) mass is 370 g/mol. The topological polar surface area (TPSA) is 113 Å². The summed E-state index contributed by atoms with van der Waals surface area (Å²) in [6, 6.07) is 3.41. The van der Waals surface area contributed by atoms with Crippen LogP contribution in [0.15, 0.2) is 29.0 Å². The third kappa shape index (κ3) is 4.30. The van der Waals surface area contributed by atoms with Gasteiger partial charge in [-0.15, -0.1) is 0 Å². The van der Waals surface area contributed by atoms with E-state index in [4.69, 9.17) is 4.52 Å². The summed E-state index contributed by atoms with van der Waals surface area (Å²) < 4.78 is 5.25. The quantitative estimate of drug-likeness (QED) is 0.744. The van der Waals surface area contributed by atoms with Crippen molar-refractivity contribution in [1.82, 2.24) is 30.7 Å². The molecule has 2 aromatic rings. The highest BCUT2D eigenvalue weighted by Gasteiger charge is 2.34. The Bertz CT molecular complexity index is 804. The van der Waals surface area contributed by atoms with E-state index < -0.39 is 6.04 Å². The van der Waals surface area contributed by atoms with Gasteiger partial charge in [0.25, 0.3) is 0 Å². The van der Waals surface area contributed by atoms with Gasteiger partial charge in [-0.1, -0.05) is 5.16 Å². The van der Waals surface area contributed by atoms with Crippen LogP contribution in [-0.2, 0) is 16.0 Å². The number of nitrogens with zero attached hydrogens (tertiary/aromatic N) is 4. The fourth-order valence-electron chi connectivity index (χ4n) is 3.09. The molecule has 1 aliphatic heterocycles. The maximum absolute atomic E-state index is 12.7. The Labute approximate surface area is 156 Å². The Morgan fingerprint density at radius 2 is 2.11 bits per heavy atom. The molecule has 1 unspecified atom stereocenters. The lowest BCUT2D eigenvalue weighted by molar-refractivity contribution is -0.141. The van der Waals surface area contributed by atoms with Crippen LogP contribution < -0.4 is 10.6 Å². The van der Waals surface area contributed by atoms with Crippen LogP contribution in [-0.4, -0.2) is 63.6 Å². The maximum Gasteiger partial charge on any atom is 0.244 e. The van der Waals surface area contributed by atoms with Gasteiger partial charge in [-0.3, -0.25) is 14.6 Å². The summed E-state index contributed by atoms with van der Waals surface area (Å²) in [6.07, 6.45) is 5.94. The highest BCUT2D eigenvalue weighted by atomic mass is 16.5. The van der Waals surface area contributed by atoms with Crippen LogP contribution in [0.4, 0.5) is 0 Å². The smallest absolute Gasteiger partial charge is 0.244 e. The van der Waals surface area contributed by atoms with Crippen molar-refractivity contribution < 1.29 is 14.1 Å². The standard InChI is InChI=1S/C18H22N6O3/c25-16(24-10-9-20-11-14(24)18(26)21-13-1-2-13)4-3-15-22-17(23-27-15)12-5-7-19-8-6-12/h5-8,13-14,20H,1-4,9-11H2,(H,21,26). The molecule has 142 valence electrons. The normalized spacial score (nSPS) is 19.7. The number of nitrogens with one attached hydrogen (secondary N) is 2. The van der Waals surface area contributed by atoms with E-state index in [2.05, 4.69) is 25.8 Å². The Morgan fingerprint density at radius 3 is 2.89 bits per heavy atom. The second-order valence-corrected chi connectivity index (χ2v) is 6.84. The zero-order chi connectivity index (χ0) is 18.6. The van der Waals surface area contributed by atoms with Gasteiger partial charge < -0.3 is 20.1 Å². The summed E-state index contributed by atoms with van der Waals surface area (Å²) in [4.78, 5) is 35.0. The van der Waals surface area contributed by atoms with Crippen LogP contribution >= 0.6 is 0 Å². The lowest BCUT2D eigenvalue weighted by Crippen LogP contribution is -2.59. The Kier molecular flexibility index (Phi) is 5.10. The summed E-state index contributed by atoms with van der Waals surface area (Å²) in [5.41, 5.74) is 0.810. The number of amides is 2. The van der Waals surface area contributed by atoms with Crippen LogP contribution in [0.5, 0.6) is 0 Å². The number of pyridine rings is 1. The largest absolute Gasteiger partial charge is 0.352 e. The van der Waals surface area contributed by atoms with Gasteiger partial charge in [0.15, 0.2) is 0 Å². The van der Waals surface area contributed by atoms with E-state index in [1.165, 1.54) is 0 Å². The third-order valence-electron chi connectivity index (χ3n) is 4.75. The van der Waals surface area contributed by atoms with E-state index in [0.717, 1.165) is 18.4 Å². The summed E-state index contributed by atoms with van der Waals surface area (Å²) in [5.74, 6) is 0.736. The first kappa shape index (κ1) is 17.6. The second kappa shape index (κ2) is 7.83. The highest BCUT2D eigenvalue weighted by Crippen LogP contribution is 2.20. The predicted octanol–water partition coefficient (Wildman–Crippen LogP) is 0.143. The van der Waals surface area contributed by atoms with E-state index in [1.807, 2.05) is 0 Å². The molecule has 1 saturated carbocycles. The van der Waals surface area contributed by atoms with Crippen LogP contribution in [0.1, 0.15) is 25.2 Å². The Morgan fingerprint density at radius 1 is 1.30 bits per heavy atom. The fourth-order valence-corrected chi connectivity index (χ4v) is 3.09. The molecule has 2 N–H and O–H groups in total. The SMILES string of the molecule is O=C(NC1CC1)C1CNCCN1C(=O)CCc1nc(-c2ccncc2)no1. The molecule has 9 nitrogen and oxygen atoms in total. The van der Waals surface area contributed by atoms with E-state index in [9.17, 15) is 9.59 Å². The average molecular weight is 370 g/mol. The number of hydrogen-bond acceptors (Lipinski definition) is 7. The molecule has 0 radical (unpaired) electrons. The van der Waals surface area contributed by atoms with Gasteiger partial charge in [-0.2, -0.15) is 4.98 Å². The average Bonchev–Trinajstić information content (AvgIpc) is 3.40. The van der Waals surface area contributed by atoms with Crippen molar-refractivity contribution in [2.24, 2.45) is 0 Å². The van der Waals surface area contributed by atoms with Gasteiger partial charge in [0.1, 0.15) is 6.04 Å². The molecule has 1 aliphatic carbocycles. The second-order valence-electron chi connectivity index (χ2n) is 6.84. The number of hydrogen-bond donors (Lipinski definition) is 2. The predicted molar refractivity (Wildman–Crippen MR) is 95.4 cm³/mol. The zero-order valence-corrected chi connectivity index (χ0v) is 14.9. The first-order valence-corrected chi connectivity index (χ1v) is 9.24. The first-order valence-electron chi connectivity index (χ1n) is 9.24. The number of carbonyl (C=O) groups excluding carboxylic acids is 2. The zero-order valence-electron chi connectivity index (χ0n) is 14.9. The van der Waals surface area contributed by atoms with Crippen molar-refractivity contribution in [3.05, 3.63) is 30.4 Å². The Hall–Kier alpha value is -2.81. The number of piperazine rings is 1. The van der Waals surface area contributed by atoms with Gasteiger partial charge >= 0.3 is 0 Å². The summed E-state index contributed by atoms with van der Waals surface area (Å²) in [7, 11) is 0. The summed E-state index contributed by atoms with van der Waals surface area (Å²) >= 11 is 0. The lowest BCUT2D eigenvalue weighted by atomic mass is 10.1. The van der Waals surface area contributed by atoms with Gasteiger partial charge in [-0.25, -0.2) is 0 Å². The molecule has 1 saturated heterocycles. The molecule has 4 rings (SSSR count). The van der Waals surface area contributed by atoms with E-state index >= 15 is 0 Å². The third-order valence-corrected chi connectivity index (χ3v) is 4.75. The number of aryl methyl sites for hydroxylation is 1. The van der Waals surface area contributed by atoms with Crippen molar-refractivity contribution in [3.8, 4) is 11.4 Å². The molecule has 2 aliphatic rings. The van der Waals surface area contributed by atoms with Crippen molar-refractivity contribution in [1.29, 1.82) is 0 Å². The molecule has 2 fully saturated rings. The minimum absolute atomic E-state index is 0.0730. The number of carbonyl (C=O) groups is 2. The molecule has 3 heterocycles.